The number of hydroxylamine groups is 2. The van der Waals surface area contributed by atoms with E-state index >= 15 is 0 Å². The molecule has 0 amide bonds. The smallest absolute Gasteiger partial charge is 0.307 e. The number of hydrogen-bond acceptors (Lipinski definition) is 6. The molecule has 0 aliphatic carbocycles. The monoisotopic (exact) mass is 289 g/mol. The number of hydrogen-bond donors (Lipinski definition) is 1. The minimum absolute atomic E-state index is 0.116. The molecule has 0 bridgehead atoms. The highest BCUT2D eigenvalue weighted by molar-refractivity contribution is 5.70. The molecular formula is C14H27NO5. The number of unbranched alkanes of at least 4 members (excludes halogenated alkanes) is 2. The maximum atomic E-state index is 11.3. The Hall–Kier alpha value is -1.14. The number of nitrogens with zero attached hydrogens (tertiary/aromatic N) is 1. The molecule has 0 spiro atoms. The topological polar surface area (TPSA) is 76.1 Å². The van der Waals surface area contributed by atoms with Crippen LogP contribution in [0.4, 0.5) is 0 Å². The highest BCUT2D eigenvalue weighted by atomic mass is 16.5. The first-order chi connectivity index (χ1) is 9.60. The Labute approximate surface area is 121 Å². The quantitative estimate of drug-likeness (QED) is 0.337. The largest absolute Gasteiger partial charge is 0.466 e. The summed E-state index contributed by atoms with van der Waals surface area (Å²) in [5, 5.41) is 10.5. The van der Waals surface area contributed by atoms with Gasteiger partial charge in [-0.25, -0.2) is 0 Å². The SMILES string of the molecule is CCCCOC(=O)CCN(O)CCC(=O)OCCCC. The van der Waals surface area contributed by atoms with E-state index in [9.17, 15) is 14.8 Å². The second kappa shape index (κ2) is 12.9. The minimum atomic E-state index is -0.331. The predicted molar refractivity (Wildman–Crippen MR) is 74.3 cm³/mol. The molecule has 0 unspecified atom stereocenters. The average Bonchev–Trinajstić information content (AvgIpc) is 2.43. The van der Waals surface area contributed by atoms with Crippen LogP contribution < -0.4 is 0 Å². The summed E-state index contributed by atoms with van der Waals surface area (Å²) < 4.78 is 9.91. The lowest BCUT2D eigenvalue weighted by atomic mass is 10.3. The predicted octanol–water partition coefficient (Wildman–Crippen LogP) is 2.14. The second-order valence-corrected chi connectivity index (χ2v) is 4.60. The van der Waals surface area contributed by atoms with Crippen LogP contribution in [-0.2, 0) is 19.1 Å². The zero-order chi connectivity index (χ0) is 15.2. The fourth-order valence-corrected chi connectivity index (χ4v) is 1.36. The summed E-state index contributed by atoms with van der Waals surface area (Å²) in [5.41, 5.74) is 0. The standard InChI is InChI=1S/C14H27NO5/c1-3-5-11-19-13(16)7-9-15(18)10-8-14(17)20-12-6-4-2/h18H,3-12H2,1-2H3. The Morgan fingerprint density at radius 3 is 1.65 bits per heavy atom. The van der Waals surface area contributed by atoms with Crippen molar-refractivity contribution in [3.63, 3.8) is 0 Å². The molecule has 1 N–H and O–H groups in total. The van der Waals surface area contributed by atoms with Gasteiger partial charge in [-0.3, -0.25) is 9.59 Å². The molecule has 6 heteroatoms. The van der Waals surface area contributed by atoms with Crippen LogP contribution >= 0.6 is 0 Å². The van der Waals surface area contributed by atoms with Crippen molar-refractivity contribution in [3.05, 3.63) is 0 Å². The Balaban J connectivity index is 3.55. The lowest BCUT2D eigenvalue weighted by Crippen LogP contribution is -2.26. The van der Waals surface area contributed by atoms with Crippen LogP contribution in [0.15, 0.2) is 0 Å². The molecule has 0 atom stereocenters. The summed E-state index contributed by atoms with van der Waals surface area (Å²) in [6.45, 7) is 5.20. The van der Waals surface area contributed by atoms with Crippen molar-refractivity contribution >= 4 is 11.9 Å². The third-order valence-electron chi connectivity index (χ3n) is 2.67. The molecule has 0 aromatic carbocycles. The van der Waals surface area contributed by atoms with Gasteiger partial charge in [0.1, 0.15) is 0 Å². The Morgan fingerprint density at radius 2 is 1.30 bits per heavy atom. The lowest BCUT2D eigenvalue weighted by Gasteiger charge is -2.13. The van der Waals surface area contributed by atoms with E-state index in [1.165, 1.54) is 0 Å². The van der Waals surface area contributed by atoms with Crippen molar-refractivity contribution in [2.75, 3.05) is 26.3 Å². The molecule has 0 radical (unpaired) electrons. The van der Waals surface area contributed by atoms with E-state index in [-0.39, 0.29) is 37.9 Å². The van der Waals surface area contributed by atoms with Crippen LogP contribution in [0.25, 0.3) is 0 Å². The number of carbonyl (C=O) groups is 2. The maximum absolute atomic E-state index is 11.3. The first-order valence-corrected chi connectivity index (χ1v) is 7.35. The van der Waals surface area contributed by atoms with E-state index in [0.29, 0.717) is 13.2 Å². The number of esters is 2. The van der Waals surface area contributed by atoms with Crippen molar-refractivity contribution in [1.82, 2.24) is 5.06 Å². The third-order valence-corrected chi connectivity index (χ3v) is 2.67. The molecule has 0 fully saturated rings. The molecule has 118 valence electrons. The summed E-state index contributed by atoms with van der Waals surface area (Å²) in [4.78, 5) is 22.6. The van der Waals surface area contributed by atoms with E-state index in [0.717, 1.165) is 30.7 Å². The fourth-order valence-electron chi connectivity index (χ4n) is 1.36. The van der Waals surface area contributed by atoms with E-state index in [1.54, 1.807) is 0 Å². The molecule has 0 aliphatic heterocycles. The van der Waals surface area contributed by atoms with Gasteiger partial charge >= 0.3 is 11.9 Å². The Morgan fingerprint density at radius 1 is 0.900 bits per heavy atom. The summed E-state index contributed by atoms with van der Waals surface area (Å²) in [5.74, 6) is -0.661. The highest BCUT2D eigenvalue weighted by Crippen LogP contribution is 1.97. The van der Waals surface area contributed by atoms with Crippen LogP contribution in [0.1, 0.15) is 52.4 Å². The summed E-state index contributed by atoms with van der Waals surface area (Å²) >= 11 is 0. The number of carbonyl (C=O) groups excluding carboxylic acids is 2. The molecular weight excluding hydrogens is 262 g/mol. The van der Waals surface area contributed by atoms with Gasteiger partial charge in [-0.1, -0.05) is 26.7 Å². The van der Waals surface area contributed by atoms with Gasteiger partial charge < -0.3 is 14.7 Å². The first-order valence-electron chi connectivity index (χ1n) is 7.35. The molecule has 0 saturated carbocycles. The van der Waals surface area contributed by atoms with Gasteiger partial charge in [-0.05, 0) is 12.8 Å². The van der Waals surface area contributed by atoms with Crippen LogP contribution in [0, 0.1) is 0 Å². The zero-order valence-corrected chi connectivity index (χ0v) is 12.6. The second-order valence-electron chi connectivity index (χ2n) is 4.60. The van der Waals surface area contributed by atoms with E-state index in [4.69, 9.17) is 9.47 Å². The van der Waals surface area contributed by atoms with Crippen LogP contribution in [0.5, 0.6) is 0 Å². The van der Waals surface area contributed by atoms with Crippen LogP contribution in [0.3, 0.4) is 0 Å². The van der Waals surface area contributed by atoms with E-state index in [1.807, 2.05) is 13.8 Å². The van der Waals surface area contributed by atoms with Crippen molar-refractivity contribution in [3.8, 4) is 0 Å². The van der Waals surface area contributed by atoms with Gasteiger partial charge in [-0.2, -0.15) is 5.06 Å². The Kier molecular flexibility index (Phi) is 12.1. The normalized spacial score (nSPS) is 10.6. The third kappa shape index (κ3) is 11.9. The first kappa shape index (κ1) is 18.9. The highest BCUT2D eigenvalue weighted by Gasteiger charge is 2.09. The van der Waals surface area contributed by atoms with E-state index < -0.39 is 0 Å². The minimum Gasteiger partial charge on any atom is -0.466 e. The average molecular weight is 289 g/mol. The lowest BCUT2D eigenvalue weighted by molar-refractivity contribution is -0.152. The van der Waals surface area contributed by atoms with Crippen LogP contribution in [0.2, 0.25) is 0 Å². The van der Waals surface area contributed by atoms with Crippen molar-refractivity contribution in [2.24, 2.45) is 0 Å². The molecule has 0 saturated heterocycles. The van der Waals surface area contributed by atoms with Gasteiger partial charge in [0.25, 0.3) is 0 Å². The molecule has 0 heterocycles. The maximum Gasteiger partial charge on any atom is 0.307 e. The van der Waals surface area contributed by atoms with Gasteiger partial charge in [0.2, 0.25) is 0 Å². The molecule has 0 rings (SSSR count). The molecule has 6 nitrogen and oxygen atoms in total. The fraction of sp³-hybridized carbons (Fsp3) is 0.857. The number of ether oxygens (including phenoxy) is 2. The van der Waals surface area contributed by atoms with Gasteiger partial charge in [0.15, 0.2) is 0 Å². The van der Waals surface area contributed by atoms with Crippen molar-refractivity contribution in [2.45, 2.75) is 52.4 Å². The van der Waals surface area contributed by atoms with Gasteiger partial charge in [0, 0.05) is 13.1 Å². The summed E-state index contributed by atoms with van der Waals surface area (Å²) in [6, 6.07) is 0. The van der Waals surface area contributed by atoms with Crippen molar-refractivity contribution < 1.29 is 24.3 Å². The van der Waals surface area contributed by atoms with Crippen LogP contribution in [-0.4, -0.2) is 48.5 Å². The van der Waals surface area contributed by atoms with Crippen molar-refractivity contribution in [1.29, 1.82) is 0 Å². The van der Waals surface area contributed by atoms with Gasteiger partial charge in [0.05, 0.1) is 26.1 Å². The zero-order valence-electron chi connectivity index (χ0n) is 12.6. The number of rotatable bonds is 12. The molecule has 0 aromatic heterocycles. The molecule has 20 heavy (non-hydrogen) atoms. The summed E-state index contributed by atoms with van der Waals surface area (Å²) in [7, 11) is 0. The molecule has 0 aromatic rings. The van der Waals surface area contributed by atoms with E-state index in [2.05, 4.69) is 0 Å². The molecule has 0 aliphatic rings. The summed E-state index contributed by atoms with van der Waals surface area (Å²) in [6.07, 6.45) is 3.87. The Bertz CT molecular complexity index is 244. The van der Waals surface area contributed by atoms with Gasteiger partial charge in [-0.15, -0.1) is 0 Å².